The van der Waals surface area contributed by atoms with E-state index in [-0.39, 0.29) is 6.04 Å². The van der Waals surface area contributed by atoms with Crippen LogP contribution in [0.1, 0.15) is 31.4 Å². The lowest BCUT2D eigenvalue weighted by Gasteiger charge is -2.16. The van der Waals surface area contributed by atoms with Gasteiger partial charge in [-0.15, -0.1) is 0 Å². The van der Waals surface area contributed by atoms with Crippen LogP contribution in [0.15, 0.2) is 12.1 Å². The molecule has 0 fully saturated rings. The van der Waals surface area contributed by atoms with Crippen LogP contribution in [0.5, 0.6) is 5.75 Å². The van der Waals surface area contributed by atoms with Crippen molar-refractivity contribution in [1.29, 1.82) is 0 Å². The fourth-order valence-electron chi connectivity index (χ4n) is 1.73. The van der Waals surface area contributed by atoms with Crippen LogP contribution in [0.3, 0.4) is 0 Å². The van der Waals surface area contributed by atoms with E-state index in [0.29, 0.717) is 6.61 Å². The Morgan fingerprint density at radius 3 is 2.62 bits per heavy atom. The molecule has 2 nitrogen and oxygen atoms in total. The van der Waals surface area contributed by atoms with Gasteiger partial charge in [-0.1, -0.05) is 18.5 Å². The average molecular weight is 242 g/mol. The Hall–Kier alpha value is -0.730. The van der Waals surface area contributed by atoms with E-state index in [1.54, 1.807) is 0 Å². The van der Waals surface area contributed by atoms with Gasteiger partial charge in [0, 0.05) is 11.1 Å². The van der Waals surface area contributed by atoms with Crippen molar-refractivity contribution in [2.45, 2.75) is 39.7 Å². The molecule has 1 aromatic carbocycles. The van der Waals surface area contributed by atoms with Crippen LogP contribution in [-0.4, -0.2) is 12.6 Å². The van der Waals surface area contributed by atoms with Gasteiger partial charge in [0.15, 0.2) is 0 Å². The van der Waals surface area contributed by atoms with Crippen molar-refractivity contribution in [3.63, 3.8) is 0 Å². The summed E-state index contributed by atoms with van der Waals surface area (Å²) in [5.74, 6) is 0.941. The Morgan fingerprint density at radius 1 is 1.38 bits per heavy atom. The van der Waals surface area contributed by atoms with Crippen molar-refractivity contribution in [1.82, 2.24) is 0 Å². The summed E-state index contributed by atoms with van der Waals surface area (Å²) in [4.78, 5) is 0. The first kappa shape index (κ1) is 13.3. The highest BCUT2D eigenvalue weighted by molar-refractivity contribution is 6.30. The molecule has 0 heterocycles. The summed E-state index contributed by atoms with van der Waals surface area (Å²) in [6.07, 6.45) is 1.77. The van der Waals surface area contributed by atoms with Crippen molar-refractivity contribution >= 4 is 11.6 Å². The third-order valence-corrected chi connectivity index (χ3v) is 2.83. The lowest BCUT2D eigenvalue weighted by Crippen LogP contribution is -2.22. The summed E-state index contributed by atoms with van der Waals surface area (Å²) in [6.45, 7) is 6.74. The number of aryl methyl sites for hydroxylation is 1. The third kappa shape index (κ3) is 3.39. The summed E-state index contributed by atoms with van der Waals surface area (Å²) in [5, 5.41) is 0.749. The van der Waals surface area contributed by atoms with Gasteiger partial charge in [-0.25, -0.2) is 0 Å². The Bertz CT molecular complexity index is 352. The topological polar surface area (TPSA) is 35.2 Å². The highest BCUT2D eigenvalue weighted by Crippen LogP contribution is 2.29. The maximum atomic E-state index is 6.05. The minimum absolute atomic E-state index is 0.164. The van der Waals surface area contributed by atoms with Gasteiger partial charge in [-0.3, -0.25) is 0 Å². The first-order valence-electron chi connectivity index (χ1n) is 5.75. The van der Waals surface area contributed by atoms with Crippen molar-refractivity contribution in [2.24, 2.45) is 5.73 Å². The molecule has 1 unspecified atom stereocenters. The van der Waals surface area contributed by atoms with E-state index in [2.05, 4.69) is 6.92 Å². The first-order chi connectivity index (χ1) is 7.58. The molecule has 90 valence electrons. The highest BCUT2D eigenvalue weighted by Gasteiger charge is 2.11. The van der Waals surface area contributed by atoms with Gasteiger partial charge in [0.1, 0.15) is 5.75 Å². The zero-order valence-electron chi connectivity index (χ0n) is 10.2. The number of nitrogens with two attached hydrogens (primary N) is 1. The van der Waals surface area contributed by atoms with Crippen molar-refractivity contribution in [2.75, 3.05) is 6.61 Å². The summed E-state index contributed by atoms with van der Waals surface area (Å²) >= 11 is 6.05. The second kappa shape index (κ2) is 6.12. The molecule has 1 rings (SSSR count). The van der Waals surface area contributed by atoms with Gasteiger partial charge in [-0.2, -0.15) is 0 Å². The molecule has 2 N–H and O–H groups in total. The zero-order chi connectivity index (χ0) is 12.1. The standard InChI is InChI=1S/C13H20ClNO/c1-4-12(15)8-10-7-11(14)6-9(3)13(10)16-5-2/h6-7,12H,4-5,8,15H2,1-3H3. The fourth-order valence-corrected chi connectivity index (χ4v) is 2.02. The molecular weight excluding hydrogens is 222 g/mol. The van der Waals surface area contributed by atoms with Crippen molar-refractivity contribution in [3.05, 3.63) is 28.3 Å². The van der Waals surface area contributed by atoms with E-state index in [0.717, 1.165) is 34.7 Å². The van der Waals surface area contributed by atoms with Crippen LogP contribution < -0.4 is 10.5 Å². The number of rotatable bonds is 5. The second-order valence-electron chi connectivity index (χ2n) is 4.02. The molecule has 0 amide bonds. The van der Waals surface area contributed by atoms with Crippen LogP contribution in [0, 0.1) is 6.92 Å². The number of hydrogen-bond donors (Lipinski definition) is 1. The summed E-state index contributed by atoms with van der Waals surface area (Å²) in [7, 11) is 0. The Kier molecular flexibility index (Phi) is 5.10. The molecule has 0 spiro atoms. The molecule has 0 radical (unpaired) electrons. The molecule has 0 aliphatic heterocycles. The van der Waals surface area contributed by atoms with Gasteiger partial charge < -0.3 is 10.5 Å². The van der Waals surface area contributed by atoms with Crippen LogP contribution in [0.4, 0.5) is 0 Å². The minimum Gasteiger partial charge on any atom is -0.493 e. The van der Waals surface area contributed by atoms with Crippen LogP contribution in [0.2, 0.25) is 5.02 Å². The van der Waals surface area contributed by atoms with Gasteiger partial charge >= 0.3 is 0 Å². The predicted molar refractivity (Wildman–Crippen MR) is 69.3 cm³/mol. The smallest absolute Gasteiger partial charge is 0.125 e. The summed E-state index contributed by atoms with van der Waals surface area (Å²) in [6, 6.07) is 4.04. The van der Waals surface area contributed by atoms with E-state index in [1.165, 1.54) is 0 Å². The Balaban J connectivity index is 3.03. The van der Waals surface area contributed by atoms with Crippen LogP contribution >= 0.6 is 11.6 Å². The van der Waals surface area contributed by atoms with Gasteiger partial charge in [0.2, 0.25) is 0 Å². The zero-order valence-corrected chi connectivity index (χ0v) is 11.0. The molecule has 16 heavy (non-hydrogen) atoms. The largest absolute Gasteiger partial charge is 0.493 e. The Morgan fingerprint density at radius 2 is 2.06 bits per heavy atom. The number of halogens is 1. The number of ether oxygens (including phenoxy) is 1. The van der Waals surface area contributed by atoms with Crippen LogP contribution in [-0.2, 0) is 6.42 Å². The molecule has 1 atom stereocenters. The predicted octanol–water partition coefficient (Wildman–Crippen LogP) is 3.33. The van der Waals surface area contributed by atoms with Gasteiger partial charge in [0.25, 0.3) is 0 Å². The van der Waals surface area contributed by atoms with E-state index >= 15 is 0 Å². The van der Waals surface area contributed by atoms with Crippen molar-refractivity contribution < 1.29 is 4.74 Å². The molecule has 0 aromatic heterocycles. The van der Waals surface area contributed by atoms with Gasteiger partial charge in [-0.05, 0) is 49.9 Å². The first-order valence-corrected chi connectivity index (χ1v) is 6.13. The molecular formula is C13H20ClNO. The molecule has 0 aliphatic rings. The third-order valence-electron chi connectivity index (χ3n) is 2.61. The van der Waals surface area contributed by atoms with E-state index in [9.17, 15) is 0 Å². The number of hydrogen-bond acceptors (Lipinski definition) is 2. The molecule has 0 bridgehead atoms. The molecule has 0 saturated heterocycles. The Labute approximate surface area is 103 Å². The normalized spacial score (nSPS) is 12.6. The maximum absolute atomic E-state index is 6.05. The lowest BCUT2D eigenvalue weighted by atomic mass is 10.0. The van der Waals surface area contributed by atoms with Crippen molar-refractivity contribution in [3.8, 4) is 5.75 Å². The van der Waals surface area contributed by atoms with E-state index < -0.39 is 0 Å². The van der Waals surface area contributed by atoms with Gasteiger partial charge in [0.05, 0.1) is 6.61 Å². The van der Waals surface area contributed by atoms with E-state index in [4.69, 9.17) is 22.1 Å². The molecule has 3 heteroatoms. The SMILES string of the molecule is CCOc1c(C)cc(Cl)cc1CC(N)CC. The molecule has 0 saturated carbocycles. The quantitative estimate of drug-likeness (QED) is 0.858. The van der Waals surface area contributed by atoms with E-state index in [1.807, 2.05) is 26.0 Å². The average Bonchev–Trinajstić information content (AvgIpc) is 2.23. The second-order valence-corrected chi connectivity index (χ2v) is 4.45. The highest BCUT2D eigenvalue weighted by atomic mass is 35.5. The minimum atomic E-state index is 0.164. The maximum Gasteiger partial charge on any atom is 0.125 e. The molecule has 0 aliphatic carbocycles. The van der Waals surface area contributed by atoms with Crippen LogP contribution in [0.25, 0.3) is 0 Å². The summed E-state index contributed by atoms with van der Waals surface area (Å²) < 4.78 is 5.65. The number of benzene rings is 1. The fraction of sp³-hybridized carbons (Fsp3) is 0.538. The molecule has 1 aromatic rings. The lowest BCUT2D eigenvalue weighted by molar-refractivity contribution is 0.333. The summed E-state index contributed by atoms with van der Waals surface area (Å²) in [5.41, 5.74) is 8.16. The monoisotopic (exact) mass is 241 g/mol.